The van der Waals surface area contributed by atoms with Crippen molar-refractivity contribution < 1.29 is 4.79 Å². The average Bonchev–Trinajstić information content (AvgIpc) is 2.86. The van der Waals surface area contributed by atoms with Crippen molar-refractivity contribution in [1.82, 2.24) is 9.88 Å². The predicted molar refractivity (Wildman–Crippen MR) is 77.8 cm³/mol. The zero-order valence-corrected chi connectivity index (χ0v) is 12.8. The summed E-state index contributed by atoms with van der Waals surface area (Å²) in [5, 5.41) is 0.657. The Balaban J connectivity index is 2.20. The number of carbonyl (C=O) groups is 1. The van der Waals surface area contributed by atoms with Crippen molar-refractivity contribution in [3.05, 3.63) is 28.0 Å². The Morgan fingerprint density at radius 3 is 2.68 bits per heavy atom. The van der Waals surface area contributed by atoms with E-state index in [-0.39, 0.29) is 11.3 Å². The fraction of sp³-hybridized carbons (Fsp3) is 0.571. The lowest BCUT2D eigenvalue weighted by atomic mass is 9.82. The van der Waals surface area contributed by atoms with Crippen LogP contribution in [0.5, 0.6) is 0 Å². The van der Waals surface area contributed by atoms with E-state index in [1.165, 1.54) is 6.20 Å². The molecule has 2 heterocycles. The van der Waals surface area contributed by atoms with Gasteiger partial charge in [0.1, 0.15) is 5.15 Å². The van der Waals surface area contributed by atoms with Crippen molar-refractivity contribution in [1.29, 1.82) is 0 Å². The highest BCUT2D eigenvalue weighted by molar-refractivity contribution is 6.35. The quantitative estimate of drug-likeness (QED) is 0.789. The number of pyridine rings is 1. The molecule has 1 aromatic heterocycles. The van der Waals surface area contributed by atoms with Crippen LogP contribution in [0.1, 0.15) is 43.5 Å². The summed E-state index contributed by atoms with van der Waals surface area (Å²) in [5.74, 6) is -0.0434. The summed E-state index contributed by atoms with van der Waals surface area (Å²) in [6.45, 7) is 5.97. The maximum atomic E-state index is 12.5. The van der Waals surface area contributed by atoms with Crippen LogP contribution in [-0.2, 0) is 0 Å². The Hall–Kier alpha value is -0.800. The summed E-state index contributed by atoms with van der Waals surface area (Å²) in [6, 6.07) is 1.55. The summed E-state index contributed by atoms with van der Waals surface area (Å²) < 4.78 is 0. The van der Waals surface area contributed by atoms with Crippen molar-refractivity contribution in [3.63, 3.8) is 0 Å². The Bertz CT molecular complexity index is 486. The molecule has 1 saturated heterocycles. The maximum absolute atomic E-state index is 12.5. The second kappa shape index (κ2) is 5.68. The largest absolute Gasteiger partial charge is 0.338 e. The van der Waals surface area contributed by atoms with Gasteiger partial charge in [-0.15, -0.1) is 0 Å². The van der Waals surface area contributed by atoms with Crippen LogP contribution in [0.2, 0.25) is 10.2 Å². The fourth-order valence-corrected chi connectivity index (χ4v) is 3.03. The molecule has 1 aliphatic rings. The second-order valence-electron chi connectivity index (χ2n) is 5.17. The van der Waals surface area contributed by atoms with Gasteiger partial charge in [0.05, 0.1) is 10.6 Å². The van der Waals surface area contributed by atoms with E-state index in [1.807, 2.05) is 4.90 Å². The monoisotopic (exact) mass is 300 g/mol. The molecule has 0 aromatic carbocycles. The SMILES string of the molecule is CCC1(CC)CCN(C(=O)c2cc(Cl)ncc2Cl)C1. The first-order valence-electron chi connectivity index (χ1n) is 6.61. The van der Waals surface area contributed by atoms with E-state index in [2.05, 4.69) is 18.8 Å². The highest BCUT2D eigenvalue weighted by atomic mass is 35.5. The minimum atomic E-state index is -0.0434. The van der Waals surface area contributed by atoms with Gasteiger partial charge in [-0.25, -0.2) is 4.98 Å². The zero-order valence-electron chi connectivity index (χ0n) is 11.2. The van der Waals surface area contributed by atoms with Gasteiger partial charge in [-0.2, -0.15) is 0 Å². The first kappa shape index (κ1) is 14.6. The minimum absolute atomic E-state index is 0.0434. The average molecular weight is 301 g/mol. The highest BCUT2D eigenvalue weighted by Gasteiger charge is 2.37. The molecule has 3 nitrogen and oxygen atoms in total. The van der Waals surface area contributed by atoms with Crippen molar-refractivity contribution in [2.45, 2.75) is 33.1 Å². The number of likely N-dealkylation sites (tertiary alicyclic amines) is 1. The Kier molecular flexibility index (Phi) is 4.36. The number of nitrogens with zero attached hydrogens (tertiary/aromatic N) is 2. The molecule has 0 spiro atoms. The second-order valence-corrected chi connectivity index (χ2v) is 5.97. The minimum Gasteiger partial charge on any atom is -0.338 e. The standard InChI is InChI=1S/C14H18Cl2N2O/c1-3-14(4-2)5-6-18(9-14)13(19)10-7-12(16)17-8-11(10)15/h7-8H,3-6,9H2,1-2H3. The van der Waals surface area contributed by atoms with E-state index in [1.54, 1.807) is 6.07 Å². The third-order valence-corrected chi connectivity index (χ3v) is 4.79. The lowest BCUT2D eigenvalue weighted by Gasteiger charge is -2.26. The molecular formula is C14H18Cl2N2O. The maximum Gasteiger partial charge on any atom is 0.255 e. The molecule has 0 bridgehead atoms. The molecule has 0 unspecified atom stereocenters. The van der Waals surface area contributed by atoms with Gasteiger partial charge in [-0.1, -0.05) is 37.0 Å². The normalized spacial score (nSPS) is 17.8. The first-order valence-corrected chi connectivity index (χ1v) is 7.37. The molecule has 2 rings (SSSR count). The van der Waals surface area contributed by atoms with Crippen LogP contribution < -0.4 is 0 Å². The van der Waals surface area contributed by atoms with Gasteiger partial charge in [-0.3, -0.25) is 4.79 Å². The van der Waals surface area contributed by atoms with E-state index < -0.39 is 0 Å². The van der Waals surface area contributed by atoms with Crippen LogP contribution >= 0.6 is 23.2 Å². The third kappa shape index (κ3) is 2.87. The van der Waals surface area contributed by atoms with E-state index in [4.69, 9.17) is 23.2 Å². The molecule has 0 radical (unpaired) electrons. The van der Waals surface area contributed by atoms with Gasteiger partial charge in [0.2, 0.25) is 0 Å². The number of hydrogen-bond donors (Lipinski definition) is 0. The van der Waals surface area contributed by atoms with Crippen LogP contribution in [-0.4, -0.2) is 28.9 Å². The molecule has 1 aliphatic heterocycles. The summed E-state index contributed by atoms with van der Waals surface area (Å²) in [5.41, 5.74) is 0.712. The third-order valence-electron chi connectivity index (χ3n) is 4.28. The van der Waals surface area contributed by atoms with Gasteiger partial charge < -0.3 is 4.90 Å². The summed E-state index contributed by atoms with van der Waals surface area (Å²) >= 11 is 11.9. The summed E-state index contributed by atoms with van der Waals surface area (Å²) in [4.78, 5) is 18.2. The zero-order chi connectivity index (χ0) is 14.0. The van der Waals surface area contributed by atoms with Crippen LogP contribution in [0.4, 0.5) is 0 Å². The van der Waals surface area contributed by atoms with E-state index in [0.717, 1.165) is 32.4 Å². The van der Waals surface area contributed by atoms with E-state index >= 15 is 0 Å². The molecule has 0 saturated carbocycles. The van der Waals surface area contributed by atoms with Gasteiger partial charge in [0.25, 0.3) is 5.91 Å². The van der Waals surface area contributed by atoms with Crippen LogP contribution in [0.3, 0.4) is 0 Å². The molecule has 0 atom stereocenters. The van der Waals surface area contributed by atoms with Crippen molar-refractivity contribution in [2.24, 2.45) is 5.41 Å². The summed E-state index contributed by atoms with van der Waals surface area (Å²) in [7, 11) is 0. The molecule has 19 heavy (non-hydrogen) atoms. The Morgan fingerprint density at radius 2 is 2.11 bits per heavy atom. The van der Waals surface area contributed by atoms with Gasteiger partial charge >= 0.3 is 0 Å². The molecule has 104 valence electrons. The molecule has 0 N–H and O–H groups in total. The van der Waals surface area contributed by atoms with Crippen LogP contribution in [0.15, 0.2) is 12.3 Å². The highest BCUT2D eigenvalue weighted by Crippen LogP contribution is 2.37. The number of aromatic nitrogens is 1. The molecule has 1 amide bonds. The van der Waals surface area contributed by atoms with Crippen LogP contribution in [0, 0.1) is 5.41 Å². The first-order chi connectivity index (χ1) is 9.01. The molecule has 1 fully saturated rings. The number of rotatable bonds is 3. The van der Waals surface area contributed by atoms with Crippen molar-refractivity contribution in [2.75, 3.05) is 13.1 Å². The van der Waals surface area contributed by atoms with E-state index in [9.17, 15) is 4.79 Å². The number of halogens is 2. The van der Waals surface area contributed by atoms with Crippen molar-refractivity contribution >= 4 is 29.1 Å². The number of amides is 1. The summed E-state index contributed by atoms with van der Waals surface area (Å²) in [6.07, 6.45) is 4.68. The molecule has 5 heteroatoms. The lowest BCUT2D eigenvalue weighted by molar-refractivity contribution is 0.0770. The lowest BCUT2D eigenvalue weighted by Crippen LogP contribution is -2.32. The van der Waals surface area contributed by atoms with Crippen LogP contribution in [0.25, 0.3) is 0 Å². The Labute approximate surface area is 123 Å². The number of carbonyl (C=O) groups excluding carboxylic acids is 1. The fourth-order valence-electron chi connectivity index (χ4n) is 2.68. The Morgan fingerprint density at radius 1 is 1.42 bits per heavy atom. The van der Waals surface area contributed by atoms with E-state index in [0.29, 0.717) is 15.7 Å². The topological polar surface area (TPSA) is 33.2 Å². The van der Waals surface area contributed by atoms with Gasteiger partial charge in [-0.05, 0) is 30.7 Å². The predicted octanol–water partition coefficient (Wildman–Crippen LogP) is 4.04. The molecule has 1 aromatic rings. The van der Waals surface area contributed by atoms with Gasteiger partial charge in [0.15, 0.2) is 0 Å². The smallest absolute Gasteiger partial charge is 0.255 e. The molecule has 0 aliphatic carbocycles. The number of hydrogen-bond acceptors (Lipinski definition) is 2. The molecular weight excluding hydrogens is 283 g/mol. The van der Waals surface area contributed by atoms with Gasteiger partial charge in [0, 0.05) is 19.3 Å². The van der Waals surface area contributed by atoms with Crippen molar-refractivity contribution in [3.8, 4) is 0 Å².